The van der Waals surface area contributed by atoms with Crippen molar-refractivity contribution >= 4 is 52.5 Å². The summed E-state index contributed by atoms with van der Waals surface area (Å²) in [6.45, 7) is 6.65. The van der Waals surface area contributed by atoms with E-state index in [1.807, 2.05) is 19.9 Å². The third kappa shape index (κ3) is 6.52. The summed E-state index contributed by atoms with van der Waals surface area (Å²) in [5.41, 5.74) is 2.34. The first-order valence-corrected chi connectivity index (χ1v) is 11.8. The molecule has 4 rings (SSSR count). The Morgan fingerprint density at radius 1 is 1.03 bits per heavy atom. The van der Waals surface area contributed by atoms with Gasteiger partial charge in [-0.15, -0.1) is 0 Å². The molecule has 0 amide bonds. The Kier molecular flexibility index (Phi) is 7.88. The third-order valence-electron chi connectivity index (χ3n) is 5.23. The number of benzene rings is 1. The minimum Gasteiger partial charge on any atom is -0.495 e. The Bertz CT molecular complexity index is 1200. The summed E-state index contributed by atoms with van der Waals surface area (Å²) in [5, 5.41) is 7.17. The lowest BCUT2D eigenvalue weighted by atomic mass is 10.3. The van der Waals surface area contributed by atoms with Crippen molar-refractivity contribution in [2.45, 2.75) is 13.8 Å². The van der Waals surface area contributed by atoms with Gasteiger partial charge in [0.25, 0.3) is 0 Å². The fourth-order valence-corrected chi connectivity index (χ4v) is 4.02. The van der Waals surface area contributed by atoms with Gasteiger partial charge in [-0.25, -0.2) is 19.9 Å². The van der Waals surface area contributed by atoms with E-state index in [9.17, 15) is 0 Å². The molecule has 0 aliphatic carbocycles. The Hall–Kier alpha value is -3.57. The maximum Gasteiger partial charge on any atom is 0.229 e. The first kappa shape index (κ1) is 24.6. The van der Waals surface area contributed by atoms with Crippen molar-refractivity contribution in [1.82, 2.24) is 24.8 Å². The van der Waals surface area contributed by atoms with E-state index in [1.54, 1.807) is 43.8 Å². The Morgan fingerprint density at radius 2 is 1.71 bits per heavy atom. The second-order valence-electron chi connectivity index (χ2n) is 7.83. The van der Waals surface area contributed by atoms with Gasteiger partial charge in [0, 0.05) is 55.0 Å². The minimum atomic E-state index is 0.242. The lowest BCUT2D eigenvalue weighted by molar-refractivity contribution is 0.382. The van der Waals surface area contributed by atoms with Gasteiger partial charge < -0.3 is 19.9 Å². The van der Waals surface area contributed by atoms with Crippen LogP contribution in [-0.4, -0.2) is 69.2 Å². The van der Waals surface area contributed by atoms with Crippen LogP contribution in [0, 0.1) is 13.8 Å². The standard InChI is InChI=1S/C23H26ClN9OS/c1-15-13-16(2)28-20(27-15)30-22(31-23(35)29-18-14-17(24)5-6-19(18)34-3)33-11-9-32(10-12-33)21-25-7-4-8-26-21/h4-8,13-14H,9-12H2,1-3H3,(H2,27,28,29,30,31,35). The van der Waals surface area contributed by atoms with Gasteiger partial charge in [-0.05, 0) is 56.4 Å². The number of aliphatic imine (C=N–C) groups is 1. The van der Waals surface area contributed by atoms with Gasteiger partial charge >= 0.3 is 0 Å². The van der Waals surface area contributed by atoms with Gasteiger partial charge in [0.05, 0.1) is 12.8 Å². The molecule has 182 valence electrons. The van der Waals surface area contributed by atoms with Crippen LogP contribution in [0.5, 0.6) is 5.75 Å². The van der Waals surface area contributed by atoms with Crippen LogP contribution in [0.2, 0.25) is 5.02 Å². The zero-order valence-corrected chi connectivity index (χ0v) is 21.3. The molecule has 35 heavy (non-hydrogen) atoms. The van der Waals surface area contributed by atoms with Crippen molar-refractivity contribution in [3.05, 3.63) is 59.1 Å². The molecule has 0 saturated carbocycles. The van der Waals surface area contributed by atoms with Crippen LogP contribution in [0.3, 0.4) is 0 Å². The molecule has 3 heterocycles. The third-order valence-corrected chi connectivity index (χ3v) is 5.66. The summed E-state index contributed by atoms with van der Waals surface area (Å²) in [7, 11) is 1.58. The van der Waals surface area contributed by atoms with E-state index in [2.05, 4.69) is 45.4 Å². The highest BCUT2D eigenvalue weighted by Crippen LogP contribution is 2.27. The number of methoxy groups -OCH3 is 1. The number of halogens is 1. The summed E-state index contributed by atoms with van der Waals surface area (Å²) < 4.78 is 5.41. The highest BCUT2D eigenvalue weighted by atomic mass is 35.5. The monoisotopic (exact) mass is 511 g/mol. The van der Waals surface area contributed by atoms with Crippen LogP contribution < -0.4 is 20.3 Å². The maximum absolute atomic E-state index is 6.16. The van der Waals surface area contributed by atoms with Crippen LogP contribution in [0.1, 0.15) is 11.4 Å². The topological polar surface area (TPSA) is 104 Å². The highest BCUT2D eigenvalue weighted by molar-refractivity contribution is 7.80. The van der Waals surface area contributed by atoms with Crippen LogP contribution in [0.25, 0.3) is 0 Å². The molecule has 1 fully saturated rings. The van der Waals surface area contributed by atoms with Crippen LogP contribution >= 0.6 is 23.8 Å². The molecule has 12 heteroatoms. The number of rotatable bonds is 4. The second-order valence-corrected chi connectivity index (χ2v) is 8.66. The average molecular weight is 512 g/mol. The molecule has 0 unspecified atom stereocenters. The number of hydrogen-bond donors (Lipinski definition) is 2. The van der Waals surface area contributed by atoms with E-state index in [4.69, 9.17) is 28.6 Å². The number of thiocarbonyl (C=S) groups is 1. The molecule has 0 bridgehead atoms. The summed E-state index contributed by atoms with van der Waals surface area (Å²) >= 11 is 11.7. The van der Waals surface area contributed by atoms with Gasteiger partial charge in [0.15, 0.2) is 0 Å². The van der Waals surface area contributed by atoms with Gasteiger partial charge in [-0.2, -0.15) is 4.99 Å². The molecule has 1 saturated heterocycles. The highest BCUT2D eigenvalue weighted by Gasteiger charge is 2.23. The molecule has 0 atom stereocenters. The van der Waals surface area contributed by atoms with E-state index >= 15 is 0 Å². The SMILES string of the molecule is COc1ccc(Cl)cc1NC(=S)/N=C(/Nc1nc(C)cc(C)n1)N1CCN(c2ncccn2)CC1. The number of ether oxygens (including phenoxy) is 1. The number of anilines is 3. The molecule has 1 aliphatic rings. The zero-order valence-electron chi connectivity index (χ0n) is 19.7. The van der Waals surface area contributed by atoms with E-state index in [1.165, 1.54) is 0 Å². The molecule has 10 nitrogen and oxygen atoms in total. The van der Waals surface area contributed by atoms with E-state index < -0.39 is 0 Å². The molecular formula is C23H26ClN9OS. The molecule has 1 aliphatic heterocycles. The van der Waals surface area contributed by atoms with Crippen molar-refractivity contribution in [3.63, 3.8) is 0 Å². The van der Waals surface area contributed by atoms with Crippen molar-refractivity contribution < 1.29 is 4.74 Å². The molecular weight excluding hydrogens is 486 g/mol. The van der Waals surface area contributed by atoms with Crippen molar-refractivity contribution in [1.29, 1.82) is 0 Å². The van der Waals surface area contributed by atoms with E-state index in [0.29, 0.717) is 47.4 Å². The molecule has 3 aromatic rings. The number of hydrogen-bond acceptors (Lipinski definition) is 7. The van der Waals surface area contributed by atoms with E-state index in [0.717, 1.165) is 24.5 Å². The summed E-state index contributed by atoms with van der Waals surface area (Å²) in [4.78, 5) is 26.6. The molecule has 2 N–H and O–H groups in total. The lowest BCUT2D eigenvalue weighted by Crippen LogP contribution is -2.51. The number of nitrogens with zero attached hydrogens (tertiary/aromatic N) is 7. The number of nitrogens with one attached hydrogen (secondary N) is 2. The number of aryl methyl sites for hydroxylation is 2. The van der Waals surface area contributed by atoms with Gasteiger partial charge in [-0.3, -0.25) is 5.32 Å². The van der Waals surface area contributed by atoms with Gasteiger partial charge in [0.1, 0.15) is 5.75 Å². The van der Waals surface area contributed by atoms with Crippen molar-refractivity contribution in [2.75, 3.05) is 48.8 Å². The number of aromatic nitrogens is 4. The lowest BCUT2D eigenvalue weighted by Gasteiger charge is -2.36. The fourth-order valence-electron chi connectivity index (χ4n) is 3.65. The molecule has 0 radical (unpaired) electrons. The first-order chi connectivity index (χ1) is 16.9. The van der Waals surface area contributed by atoms with E-state index in [-0.39, 0.29) is 5.11 Å². The normalized spacial score (nSPS) is 14.0. The molecule has 2 aromatic heterocycles. The summed E-state index contributed by atoms with van der Waals surface area (Å²) in [5.74, 6) is 2.32. The quantitative estimate of drug-likeness (QED) is 0.307. The van der Waals surface area contributed by atoms with Crippen LogP contribution in [0.4, 0.5) is 17.6 Å². The second kappa shape index (κ2) is 11.2. The van der Waals surface area contributed by atoms with Crippen LogP contribution in [0.15, 0.2) is 47.7 Å². The maximum atomic E-state index is 6.16. The zero-order chi connectivity index (χ0) is 24.8. The molecule has 1 aromatic carbocycles. The summed E-state index contributed by atoms with van der Waals surface area (Å²) in [6.07, 6.45) is 3.49. The minimum absolute atomic E-state index is 0.242. The predicted molar refractivity (Wildman–Crippen MR) is 143 cm³/mol. The molecule has 0 spiro atoms. The first-order valence-electron chi connectivity index (χ1n) is 11.0. The predicted octanol–water partition coefficient (Wildman–Crippen LogP) is 3.53. The van der Waals surface area contributed by atoms with Crippen LogP contribution in [-0.2, 0) is 0 Å². The Balaban J connectivity index is 1.56. The summed E-state index contributed by atoms with van der Waals surface area (Å²) in [6, 6.07) is 8.98. The van der Waals surface area contributed by atoms with Crippen molar-refractivity contribution in [2.24, 2.45) is 4.99 Å². The van der Waals surface area contributed by atoms with Crippen molar-refractivity contribution in [3.8, 4) is 5.75 Å². The number of piperazine rings is 1. The van der Waals surface area contributed by atoms with Gasteiger partial charge in [0.2, 0.25) is 23.0 Å². The number of guanidine groups is 1. The fraction of sp³-hybridized carbons (Fsp3) is 0.304. The average Bonchev–Trinajstić information content (AvgIpc) is 2.84. The largest absolute Gasteiger partial charge is 0.495 e. The Labute approximate surface area is 214 Å². The Morgan fingerprint density at radius 3 is 2.37 bits per heavy atom. The smallest absolute Gasteiger partial charge is 0.229 e. The van der Waals surface area contributed by atoms with Gasteiger partial charge in [-0.1, -0.05) is 11.6 Å².